The van der Waals surface area contributed by atoms with Gasteiger partial charge in [0.05, 0.1) is 11.4 Å². The summed E-state index contributed by atoms with van der Waals surface area (Å²) in [5.74, 6) is -0.321. The molecule has 3 heterocycles. The van der Waals surface area contributed by atoms with Gasteiger partial charge in [-0.15, -0.1) is 5.10 Å². The molecule has 0 bridgehead atoms. The molecule has 8 heteroatoms. The molecule has 164 valence electrons. The molecule has 1 atom stereocenters. The van der Waals surface area contributed by atoms with Gasteiger partial charge < -0.3 is 11.1 Å². The summed E-state index contributed by atoms with van der Waals surface area (Å²) in [5, 5.41) is 8.61. The summed E-state index contributed by atoms with van der Waals surface area (Å²) in [6.07, 6.45) is 3.26. The molecule has 2 aromatic carbocycles. The van der Waals surface area contributed by atoms with E-state index in [0.29, 0.717) is 16.7 Å². The number of nitrogen functional groups attached to an aromatic ring is 1. The van der Waals surface area contributed by atoms with Gasteiger partial charge in [0.2, 0.25) is 0 Å². The topological polar surface area (TPSA) is 107 Å². The van der Waals surface area contributed by atoms with Crippen molar-refractivity contribution in [1.82, 2.24) is 24.5 Å². The molecule has 8 nitrogen and oxygen atoms in total. The average molecular weight is 438 g/mol. The van der Waals surface area contributed by atoms with Crippen LogP contribution in [-0.2, 0) is 0 Å². The van der Waals surface area contributed by atoms with Crippen LogP contribution in [0.2, 0.25) is 0 Å². The van der Waals surface area contributed by atoms with E-state index in [1.807, 2.05) is 68.4 Å². The van der Waals surface area contributed by atoms with Crippen LogP contribution in [0.5, 0.6) is 0 Å². The molecule has 0 unspecified atom stereocenters. The van der Waals surface area contributed by atoms with Gasteiger partial charge in [-0.05, 0) is 49.1 Å². The first kappa shape index (κ1) is 20.4. The van der Waals surface area contributed by atoms with E-state index in [9.17, 15) is 9.59 Å². The lowest BCUT2D eigenvalue weighted by Crippen LogP contribution is -2.32. The number of hydrogen-bond donors (Lipinski definition) is 2. The molecule has 0 saturated heterocycles. The Bertz CT molecular complexity index is 1570. The van der Waals surface area contributed by atoms with Gasteiger partial charge in [-0.3, -0.25) is 14.2 Å². The molecule has 0 aliphatic carbocycles. The van der Waals surface area contributed by atoms with Crippen LogP contribution in [-0.4, -0.2) is 25.1 Å². The molecule has 0 aliphatic rings. The first-order valence-corrected chi connectivity index (χ1v) is 10.6. The number of benzene rings is 2. The average Bonchev–Trinajstić information content (AvgIpc) is 3.15. The highest BCUT2D eigenvalue weighted by Crippen LogP contribution is 2.24. The molecule has 0 saturated carbocycles. The van der Waals surface area contributed by atoms with Gasteiger partial charge >= 0.3 is 0 Å². The predicted octanol–water partition coefficient (Wildman–Crippen LogP) is 3.42. The van der Waals surface area contributed by atoms with Crippen molar-refractivity contribution in [2.24, 2.45) is 0 Å². The number of pyridine rings is 1. The number of hydrogen-bond acceptors (Lipinski definition) is 5. The van der Waals surface area contributed by atoms with Crippen LogP contribution in [0.3, 0.4) is 0 Å². The minimum Gasteiger partial charge on any atom is -0.381 e. The second-order valence-electron chi connectivity index (χ2n) is 7.93. The molecule has 0 fully saturated rings. The van der Waals surface area contributed by atoms with E-state index in [1.54, 1.807) is 23.0 Å². The fourth-order valence-corrected chi connectivity index (χ4v) is 4.18. The minimum atomic E-state index is -0.506. The SMILES string of the molecule is Cc1cccc2cc([C@@H](C)NC(=O)c3c(N)nn4cccnc34)n(-c3ccccc3)c(=O)c12. The quantitative estimate of drug-likeness (QED) is 0.447. The third kappa shape index (κ3) is 3.41. The van der Waals surface area contributed by atoms with E-state index in [-0.39, 0.29) is 16.9 Å². The van der Waals surface area contributed by atoms with Gasteiger partial charge in [0.25, 0.3) is 11.5 Å². The second kappa shape index (κ2) is 7.90. The van der Waals surface area contributed by atoms with E-state index in [2.05, 4.69) is 15.4 Å². The van der Waals surface area contributed by atoms with Crippen molar-refractivity contribution < 1.29 is 4.79 Å². The number of nitrogens with two attached hydrogens (primary N) is 1. The van der Waals surface area contributed by atoms with E-state index < -0.39 is 11.9 Å². The maximum absolute atomic E-state index is 13.6. The Kier molecular flexibility index (Phi) is 4.90. The first-order valence-electron chi connectivity index (χ1n) is 10.6. The van der Waals surface area contributed by atoms with Gasteiger partial charge in [0.1, 0.15) is 5.56 Å². The van der Waals surface area contributed by atoms with E-state index in [4.69, 9.17) is 5.73 Å². The number of anilines is 1. The highest BCUT2D eigenvalue weighted by molar-refractivity contribution is 6.04. The number of rotatable bonds is 4. The number of nitrogens with one attached hydrogen (secondary N) is 1. The zero-order chi connectivity index (χ0) is 23.1. The van der Waals surface area contributed by atoms with Crippen LogP contribution in [0.15, 0.2) is 77.9 Å². The van der Waals surface area contributed by atoms with E-state index in [0.717, 1.165) is 16.6 Å². The molecular formula is C25H22N6O2. The molecular weight excluding hydrogens is 416 g/mol. The van der Waals surface area contributed by atoms with Crippen molar-refractivity contribution in [2.75, 3.05) is 5.73 Å². The van der Waals surface area contributed by atoms with Gasteiger partial charge in [-0.1, -0.05) is 36.4 Å². The van der Waals surface area contributed by atoms with E-state index in [1.165, 1.54) is 4.52 Å². The summed E-state index contributed by atoms with van der Waals surface area (Å²) in [6.45, 7) is 3.76. The molecule has 5 rings (SSSR count). The number of aromatic nitrogens is 4. The smallest absolute Gasteiger partial charge is 0.263 e. The van der Waals surface area contributed by atoms with Gasteiger partial charge in [0, 0.05) is 23.8 Å². The zero-order valence-corrected chi connectivity index (χ0v) is 18.2. The molecule has 5 aromatic rings. The van der Waals surface area contributed by atoms with Crippen molar-refractivity contribution in [3.8, 4) is 5.69 Å². The highest BCUT2D eigenvalue weighted by atomic mass is 16.2. The Morgan fingerprint density at radius 2 is 1.88 bits per heavy atom. The summed E-state index contributed by atoms with van der Waals surface area (Å²) in [5.41, 5.74) is 8.73. The Balaban J connectivity index is 1.64. The Morgan fingerprint density at radius 3 is 2.67 bits per heavy atom. The third-order valence-corrected chi connectivity index (χ3v) is 5.74. The Morgan fingerprint density at radius 1 is 1.09 bits per heavy atom. The van der Waals surface area contributed by atoms with Crippen molar-refractivity contribution in [2.45, 2.75) is 19.9 Å². The van der Waals surface area contributed by atoms with Crippen LogP contribution < -0.4 is 16.6 Å². The number of fused-ring (bicyclic) bond motifs is 2. The number of nitrogens with zero attached hydrogens (tertiary/aromatic N) is 4. The summed E-state index contributed by atoms with van der Waals surface area (Å²) in [4.78, 5) is 31.1. The predicted molar refractivity (Wildman–Crippen MR) is 128 cm³/mol. The fraction of sp³-hybridized carbons (Fsp3) is 0.120. The summed E-state index contributed by atoms with van der Waals surface area (Å²) in [6, 6.07) is 18.3. The molecule has 3 aromatic heterocycles. The number of aryl methyl sites for hydroxylation is 1. The molecule has 0 aliphatic heterocycles. The zero-order valence-electron chi connectivity index (χ0n) is 18.2. The molecule has 1 amide bonds. The van der Waals surface area contributed by atoms with Gasteiger partial charge in [-0.2, -0.15) is 0 Å². The van der Waals surface area contributed by atoms with Crippen LogP contribution in [0.4, 0.5) is 5.82 Å². The minimum absolute atomic E-state index is 0.0907. The van der Waals surface area contributed by atoms with E-state index >= 15 is 0 Å². The summed E-state index contributed by atoms with van der Waals surface area (Å²) >= 11 is 0. The molecule has 3 N–H and O–H groups in total. The van der Waals surface area contributed by atoms with Crippen molar-refractivity contribution in [3.05, 3.63) is 100 Å². The third-order valence-electron chi connectivity index (χ3n) is 5.74. The Labute approximate surface area is 189 Å². The molecule has 0 radical (unpaired) electrons. The number of amides is 1. The standard InChI is InChI=1S/C25H22N6O2/c1-15-8-6-9-17-14-19(31(25(33)20(15)17)18-10-4-3-5-11-18)16(2)28-24(32)21-22(26)29-30-13-7-12-27-23(21)30/h3-14,16H,1-2H3,(H2,26,29)(H,28,32)/t16-/m1/s1. The van der Waals surface area contributed by atoms with Crippen molar-refractivity contribution in [3.63, 3.8) is 0 Å². The Hall–Kier alpha value is -4.46. The molecule has 33 heavy (non-hydrogen) atoms. The highest BCUT2D eigenvalue weighted by Gasteiger charge is 2.23. The van der Waals surface area contributed by atoms with Crippen molar-refractivity contribution >= 4 is 28.1 Å². The summed E-state index contributed by atoms with van der Waals surface area (Å²) < 4.78 is 3.12. The first-order chi connectivity index (χ1) is 16.0. The lowest BCUT2D eigenvalue weighted by Gasteiger charge is -2.21. The van der Waals surface area contributed by atoms with Crippen LogP contribution >= 0.6 is 0 Å². The number of carbonyl (C=O) groups is 1. The largest absolute Gasteiger partial charge is 0.381 e. The number of para-hydroxylation sites is 1. The van der Waals surface area contributed by atoms with Crippen molar-refractivity contribution in [1.29, 1.82) is 0 Å². The fourth-order valence-electron chi connectivity index (χ4n) is 4.18. The molecule has 0 spiro atoms. The number of carbonyl (C=O) groups excluding carboxylic acids is 1. The second-order valence-corrected chi connectivity index (χ2v) is 7.93. The normalized spacial score (nSPS) is 12.2. The van der Waals surface area contributed by atoms with Crippen LogP contribution in [0, 0.1) is 6.92 Å². The van der Waals surface area contributed by atoms with Gasteiger partial charge in [-0.25, -0.2) is 9.50 Å². The monoisotopic (exact) mass is 438 g/mol. The maximum atomic E-state index is 13.6. The van der Waals surface area contributed by atoms with Crippen LogP contribution in [0.1, 0.15) is 34.6 Å². The van der Waals surface area contributed by atoms with Gasteiger partial charge in [0.15, 0.2) is 11.5 Å². The lowest BCUT2D eigenvalue weighted by molar-refractivity contribution is 0.0941. The summed E-state index contributed by atoms with van der Waals surface area (Å²) in [7, 11) is 0. The maximum Gasteiger partial charge on any atom is 0.263 e. The van der Waals surface area contributed by atoms with Crippen LogP contribution in [0.25, 0.3) is 22.1 Å². The lowest BCUT2D eigenvalue weighted by atomic mass is 10.0.